The molecule has 0 aliphatic heterocycles. The van der Waals surface area contributed by atoms with Gasteiger partial charge in [-0.15, -0.1) is 0 Å². The maximum Gasteiger partial charge on any atom is 0.111 e. The Bertz CT molecular complexity index is 496. The van der Waals surface area contributed by atoms with E-state index in [-0.39, 0.29) is 6.10 Å². The molecule has 1 N–H and O–H groups in total. The van der Waals surface area contributed by atoms with Crippen LogP contribution in [0.4, 0.5) is 0 Å². The van der Waals surface area contributed by atoms with E-state index in [0.29, 0.717) is 13.0 Å². The minimum atomic E-state index is -0.608. The summed E-state index contributed by atoms with van der Waals surface area (Å²) in [5.74, 6) is 0.855. The summed E-state index contributed by atoms with van der Waals surface area (Å²) in [6.45, 7) is 2.50. The molecular formula is C15H20N2O2. The molecule has 0 amide bonds. The van der Waals surface area contributed by atoms with Crippen molar-refractivity contribution in [2.75, 3.05) is 6.61 Å². The number of aryl methyl sites for hydroxylation is 1. The molecule has 1 aromatic heterocycles. The van der Waals surface area contributed by atoms with Crippen LogP contribution >= 0.6 is 0 Å². The van der Waals surface area contributed by atoms with E-state index in [2.05, 4.69) is 4.98 Å². The Morgan fingerprint density at radius 3 is 2.63 bits per heavy atom. The van der Waals surface area contributed by atoms with Gasteiger partial charge in [-0.2, -0.15) is 0 Å². The van der Waals surface area contributed by atoms with Gasteiger partial charge in [-0.05, 0) is 12.5 Å². The molecule has 4 nitrogen and oxygen atoms in total. The molecule has 1 heterocycles. The molecule has 2 rings (SSSR count). The van der Waals surface area contributed by atoms with Gasteiger partial charge in [0.05, 0.1) is 6.10 Å². The highest BCUT2D eigenvalue weighted by Gasteiger charge is 2.23. The van der Waals surface area contributed by atoms with Crippen LogP contribution in [0, 0.1) is 0 Å². The number of aliphatic hydroxyl groups excluding tert-OH is 1. The van der Waals surface area contributed by atoms with Gasteiger partial charge in [0.1, 0.15) is 11.9 Å². The van der Waals surface area contributed by atoms with Crippen molar-refractivity contribution in [1.82, 2.24) is 9.55 Å². The summed E-state index contributed by atoms with van der Waals surface area (Å²) < 4.78 is 7.61. The number of aromatic nitrogens is 2. The lowest BCUT2D eigenvalue weighted by Crippen LogP contribution is -2.25. The second-order valence-corrected chi connectivity index (χ2v) is 4.51. The number of nitrogens with zero attached hydrogens (tertiary/aromatic N) is 2. The van der Waals surface area contributed by atoms with Gasteiger partial charge in [0, 0.05) is 32.5 Å². The van der Waals surface area contributed by atoms with Crippen molar-refractivity contribution in [3.63, 3.8) is 0 Å². The fraction of sp³-hybridized carbons (Fsp3) is 0.400. The quantitative estimate of drug-likeness (QED) is 0.865. The molecule has 0 bridgehead atoms. The van der Waals surface area contributed by atoms with Gasteiger partial charge in [-0.25, -0.2) is 4.98 Å². The van der Waals surface area contributed by atoms with Gasteiger partial charge >= 0.3 is 0 Å². The minimum Gasteiger partial charge on any atom is -0.390 e. The molecule has 19 heavy (non-hydrogen) atoms. The van der Waals surface area contributed by atoms with E-state index in [0.717, 1.165) is 11.4 Å². The third-order valence-electron chi connectivity index (χ3n) is 3.14. The number of benzene rings is 1. The molecule has 0 spiro atoms. The van der Waals surface area contributed by atoms with Crippen LogP contribution in [0.2, 0.25) is 0 Å². The van der Waals surface area contributed by atoms with Crippen LogP contribution in [0.5, 0.6) is 0 Å². The molecule has 4 heteroatoms. The third kappa shape index (κ3) is 3.43. The van der Waals surface area contributed by atoms with Crippen LogP contribution < -0.4 is 0 Å². The summed E-state index contributed by atoms with van der Waals surface area (Å²) in [5, 5.41) is 10.4. The largest absolute Gasteiger partial charge is 0.390 e. The van der Waals surface area contributed by atoms with Crippen LogP contribution in [0.3, 0.4) is 0 Å². The summed E-state index contributed by atoms with van der Waals surface area (Å²) in [5.41, 5.74) is 0.992. The molecule has 0 radical (unpaired) electrons. The van der Waals surface area contributed by atoms with Crippen LogP contribution in [-0.4, -0.2) is 27.4 Å². The van der Waals surface area contributed by atoms with E-state index >= 15 is 0 Å². The molecule has 1 aromatic carbocycles. The molecule has 0 fully saturated rings. The second-order valence-electron chi connectivity index (χ2n) is 4.51. The van der Waals surface area contributed by atoms with Crippen LogP contribution in [0.1, 0.15) is 24.4 Å². The number of hydrogen-bond acceptors (Lipinski definition) is 3. The zero-order valence-electron chi connectivity index (χ0n) is 11.4. The van der Waals surface area contributed by atoms with Crippen molar-refractivity contribution in [3.8, 4) is 0 Å². The summed E-state index contributed by atoms with van der Waals surface area (Å²) in [4.78, 5) is 4.24. The monoisotopic (exact) mass is 260 g/mol. The first kappa shape index (κ1) is 13.8. The Balaban J connectivity index is 2.13. The fourth-order valence-electron chi connectivity index (χ4n) is 2.14. The van der Waals surface area contributed by atoms with Gasteiger partial charge in [0.25, 0.3) is 0 Å². The number of aliphatic hydroxyl groups is 1. The predicted octanol–water partition coefficient (Wildman–Crippen LogP) is 2.10. The normalized spacial score (nSPS) is 14.3. The smallest absolute Gasteiger partial charge is 0.111 e. The van der Waals surface area contributed by atoms with E-state index in [1.165, 1.54) is 0 Å². The number of imidazole rings is 1. The van der Waals surface area contributed by atoms with Crippen molar-refractivity contribution in [3.05, 3.63) is 54.1 Å². The SMILES string of the molecule is CCOC(c1ccccc1)C(O)Cc1nccn1C. The lowest BCUT2D eigenvalue weighted by Gasteiger charge is -2.23. The third-order valence-corrected chi connectivity index (χ3v) is 3.14. The predicted molar refractivity (Wildman–Crippen MR) is 73.7 cm³/mol. The van der Waals surface area contributed by atoms with E-state index in [1.54, 1.807) is 6.20 Å². The second kappa shape index (κ2) is 6.50. The maximum absolute atomic E-state index is 10.4. The Morgan fingerprint density at radius 2 is 2.05 bits per heavy atom. The van der Waals surface area contributed by atoms with Crippen LogP contribution in [0.15, 0.2) is 42.7 Å². The molecule has 0 aliphatic carbocycles. The molecular weight excluding hydrogens is 240 g/mol. The Hall–Kier alpha value is -1.65. The van der Waals surface area contributed by atoms with E-state index in [4.69, 9.17) is 4.74 Å². The first-order valence-electron chi connectivity index (χ1n) is 6.53. The highest BCUT2D eigenvalue weighted by Crippen LogP contribution is 2.23. The summed E-state index contributed by atoms with van der Waals surface area (Å²) in [6.07, 6.45) is 3.16. The van der Waals surface area contributed by atoms with Crippen LogP contribution in [-0.2, 0) is 18.2 Å². The Morgan fingerprint density at radius 1 is 1.32 bits per heavy atom. The fourth-order valence-corrected chi connectivity index (χ4v) is 2.14. The van der Waals surface area contributed by atoms with Crippen molar-refractivity contribution in [1.29, 1.82) is 0 Å². The molecule has 2 aromatic rings. The van der Waals surface area contributed by atoms with Gasteiger partial charge in [0.2, 0.25) is 0 Å². The Kier molecular flexibility index (Phi) is 4.71. The minimum absolute atomic E-state index is 0.317. The molecule has 0 saturated heterocycles. The highest BCUT2D eigenvalue weighted by molar-refractivity contribution is 5.19. The highest BCUT2D eigenvalue weighted by atomic mass is 16.5. The van der Waals surface area contributed by atoms with Crippen molar-refractivity contribution in [2.24, 2.45) is 7.05 Å². The van der Waals surface area contributed by atoms with Crippen molar-refractivity contribution >= 4 is 0 Å². The lowest BCUT2D eigenvalue weighted by molar-refractivity contribution is -0.0349. The summed E-state index contributed by atoms with van der Waals surface area (Å²) >= 11 is 0. The first-order chi connectivity index (χ1) is 9.22. The van der Waals surface area contributed by atoms with Gasteiger partial charge < -0.3 is 14.4 Å². The average molecular weight is 260 g/mol. The molecule has 0 aliphatic rings. The van der Waals surface area contributed by atoms with Crippen LogP contribution in [0.25, 0.3) is 0 Å². The van der Waals surface area contributed by atoms with Gasteiger partial charge in [-0.1, -0.05) is 30.3 Å². The maximum atomic E-state index is 10.4. The molecule has 2 unspecified atom stereocenters. The van der Waals surface area contributed by atoms with E-state index in [9.17, 15) is 5.11 Å². The van der Waals surface area contributed by atoms with Gasteiger partial charge in [0.15, 0.2) is 0 Å². The van der Waals surface area contributed by atoms with Crippen molar-refractivity contribution in [2.45, 2.75) is 25.6 Å². The number of ether oxygens (including phenoxy) is 1. The lowest BCUT2D eigenvalue weighted by atomic mass is 10.0. The van der Waals surface area contributed by atoms with E-state index in [1.807, 2.05) is 55.1 Å². The Labute approximate surface area is 113 Å². The van der Waals surface area contributed by atoms with Gasteiger partial charge in [-0.3, -0.25) is 0 Å². The first-order valence-corrected chi connectivity index (χ1v) is 6.53. The molecule has 2 atom stereocenters. The zero-order valence-corrected chi connectivity index (χ0v) is 11.4. The zero-order chi connectivity index (χ0) is 13.7. The molecule has 0 saturated carbocycles. The van der Waals surface area contributed by atoms with Crippen molar-refractivity contribution < 1.29 is 9.84 Å². The standard InChI is InChI=1S/C15H20N2O2/c1-3-19-15(12-7-5-4-6-8-12)13(18)11-14-16-9-10-17(14)2/h4-10,13,15,18H,3,11H2,1-2H3. The topological polar surface area (TPSA) is 47.3 Å². The molecule has 102 valence electrons. The summed E-state index contributed by atoms with van der Waals surface area (Å²) in [6, 6.07) is 9.81. The number of hydrogen-bond donors (Lipinski definition) is 1. The summed E-state index contributed by atoms with van der Waals surface area (Å²) in [7, 11) is 1.92. The number of rotatable bonds is 6. The van der Waals surface area contributed by atoms with E-state index < -0.39 is 6.10 Å². The average Bonchev–Trinajstić information content (AvgIpc) is 2.82.